The van der Waals surface area contributed by atoms with E-state index >= 15 is 0 Å². The van der Waals surface area contributed by atoms with E-state index in [-0.39, 0.29) is 0 Å². The zero-order valence-electron chi connectivity index (χ0n) is 35.3. The molecule has 294 valence electrons. The fourth-order valence-corrected chi connectivity index (χ4v) is 9.41. The molecule has 0 saturated heterocycles. The minimum Gasteiger partial charge on any atom is -0.308 e. The molecule has 0 aliphatic heterocycles. The fourth-order valence-electron chi connectivity index (χ4n) is 9.41. The van der Waals surface area contributed by atoms with Gasteiger partial charge in [-0.1, -0.05) is 132 Å². The zero-order valence-corrected chi connectivity index (χ0v) is 35.3. The first-order valence-electron chi connectivity index (χ1n) is 20.9. The van der Waals surface area contributed by atoms with Crippen molar-refractivity contribution in [2.75, 3.05) is 0 Å². The van der Waals surface area contributed by atoms with E-state index < -0.39 is 0 Å². The van der Waals surface area contributed by atoms with E-state index in [2.05, 4.69) is 160 Å². The van der Waals surface area contributed by atoms with Crippen molar-refractivity contribution in [2.24, 2.45) is 0 Å². The van der Waals surface area contributed by atoms with Gasteiger partial charge >= 0.3 is 0 Å². The Bertz CT molecular complexity index is 3070. The lowest BCUT2D eigenvalue weighted by molar-refractivity contribution is 1.06. The number of benzene rings is 7. The Kier molecular flexibility index (Phi) is 9.45. The molecule has 10 rings (SSSR count). The van der Waals surface area contributed by atoms with Gasteiger partial charge in [-0.05, 0) is 122 Å². The van der Waals surface area contributed by atoms with Gasteiger partial charge in [-0.15, -0.1) is 0 Å². The van der Waals surface area contributed by atoms with Crippen molar-refractivity contribution in [3.63, 3.8) is 0 Å². The van der Waals surface area contributed by atoms with E-state index in [1.807, 2.05) is 54.9 Å². The summed E-state index contributed by atoms with van der Waals surface area (Å²) in [6.45, 7) is 13.2. The Hall–Kier alpha value is -7.50. The van der Waals surface area contributed by atoms with Gasteiger partial charge in [0.15, 0.2) is 17.5 Å². The van der Waals surface area contributed by atoms with Gasteiger partial charge in [-0.25, -0.2) is 15.0 Å². The van der Waals surface area contributed by atoms with Crippen LogP contribution in [-0.2, 0) is 0 Å². The normalized spacial score (nSPS) is 11.4. The number of pyridine rings is 1. The summed E-state index contributed by atoms with van der Waals surface area (Å²) in [6.07, 6.45) is 3.72. The van der Waals surface area contributed by atoms with Crippen LogP contribution >= 0.6 is 0 Å². The largest absolute Gasteiger partial charge is 0.308 e. The number of hydrogen-bond donors (Lipinski definition) is 0. The van der Waals surface area contributed by atoms with Gasteiger partial charge < -0.3 is 4.57 Å². The third kappa shape index (κ3) is 6.88. The molecule has 61 heavy (non-hydrogen) atoms. The lowest BCUT2D eigenvalue weighted by Gasteiger charge is -2.18. The minimum atomic E-state index is 0.589. The number of hydrogen-bond acceptors (Lipinski definition) is 4. The molecule has 3 heterocycles. The summed E-state index contributed by atoms with van der Waals surface area (Å²) in [4.78, 5) is 20.2. The molecule has 0 atom stereocenters. The molecule has 5 heteroatoms. The van der Waals surface area contributed by atoms with Crippen LogP contribution in [0, 0.1) is 41.5 Å². The van der Waals surface area contributed by atoms with Gasteiger partial charge in [-0.3, -0.25) is 4.98 Å². The molecule has 0 saturated carbocycles. The van der Waals surface area contributed by atoms with Crippen LogP contribution < -0.4 is 0 Å². The highest BCUT2D eigenvalue weighted by atomic mass is 15.1. The Balaban J connectivity index is 1.32. The van der Waals surface area contributed by atoms with Crippen LogP contribution in [0.5, 0.6) is 0 Å². The van der Waals surface area contributed by atoms with E-state index in [0.717, 1.165) is 44.5 Å². The quantitative estimate of drug-likeness (QED) is 0.161. The molecule has 0 fully saturated rings. The summed E-state index contributed by atoms with van der Waals surface area (Å²) in [5.41, 5.74) is 20.4. The average Bonchev–Trinajstić information content (AvgIpc) is 3.59. The Morgan fingerprint density at radius 2 is 0.836 bits per heavy atom. The summed E-state index contributed by atoms with van der Waals surface area (Å²) < 4.78 is 2.44. The van der Waals surface area contributed by atoms with Crippen molar-refractivity contribution in [2.45, 2.75) is 41.5 Å². The molecule has 0 spiro atoms. The topological polar surface area (TPSA) is 56.5 Å². The molecule has 0 amide bonds. The van der Waals surface area contributed by atoms with Crippen LogP contribution in [0.2, 0.25) is 0 Å². The molecule has 5 nitrogen and oxygen atoms in total. The molecular weight excluding hydrogens is 743 g/mol. The van der Waals surface area contributed by atoms with Gasteiger partial charge in [0.05, 0.1) is 16.7 Å². The lowest BCUT2D eigenvalue weighted by Crippen LogP contribution is -2.04. The smallest absolute Gasteiger partial charge is 0.166 e. The Morgan fingerprint density at radius 3 is 1.31 bits per heavy atom. The van der Waals surface area contributed by atoms with Crippen molar-refractivity contribution in [1.82, 2.24) is 24.5 Å². The standard InChI is InChI=1S/C56H45N5/c1-34-26-36(3)52(37(4)27-34)43-19-22-46-47-23-20-44(53-38(5)28-35(2)29-39(53)6)32-51(47)61(50(46)31-43)49-24-21-42(45-18-13-25-57-33-45)30-48(49)56-59-54(40-14-9-7-10-15-40)58-55(60-56)41-16-11-8-12-17-41/h7-33H,1-6H3. The summed E-state index contributed by atoms with van der Waals surface area (Å²) in [5.74, 6) is 1.82. The molecular formula is C56H45N5. The maximum atomic E-state index is 5.31. The van der Waals surface area contributed by atoms with E-state index in [1.165, 1.54) is 66.4 Å². The zero-order chi connectivity index (χ0) is 41.8. The van der Waals surface area contributed by atoms with Gasteiger partial charge in [0.2, 0.25) is 0 Å². The van der Waals surface area contributed by atoms with Crippen LogP contribution in [0.15, 0.2) is 164 Å². The highest BCUT2D eigenvalue weighted by molar-refractivity contribution is 6.12. The summed E-state index contributed by atoms with van der Waals surface area (Å²) >= 11 is 0. The SMILES string of the molecule is Cc1cc(C)c(-c2ccc3c4ccc(-c5c(C)cc(C)cc5C)cc4n(-c4ccc(-c5cccnc5)cc4-c4nc(-c5ccccc5)nc(-c5ccccc5)n4)c3c2)c(C)c1. The molecule has 10 aromatic rings. The second-order valence-electron chi connectivity index (χ2n) is 16.4. The van der Waals surface area contributed by atoms with Crippen LogP contribution in [0.4, 0.5) is 0 Å². The van der Waals surface area contributed by atoms with Crippen molar-refractivity contribution < 1.29 is 0 Å². The van der Waals surface area contributed by atoms with Gasteiger partial charge in [0, 0.05) is 45.4 Å². The van der Waals surface area contributed by atoms with E-state index in [1.54, 1.807) is 0 Å². The molecule has 0 aliphatic rings. The molecule has 0 radical (unpaired) electrons. The van der Waals surface area contributed by atoms with Gasteiger partial charge in [0.25, 0.3) is 0 Å². The van der Waals surface area contributed by atoms with Gasteiger partial charge in [0.1, 0.15) is 0 Å². The van der Waals surface area contributed by atoms with Gasteiger partial charge in [-0.2, -0.15) is 0 Å². The second kappa shape index (κ2) is 15.3. The number of rotatable bonds is 7. The van der Waals surface area contributed by atoms with Crippen molar-refractivity contribution in [3.05, 3.63) is 197 Å². The predicted octanol–water partition coefficient (Wildman–Crippen LogP) is 14.2. The third-order valence-corrected chi connectivity index (χ3v) is 11.9. The molecule has 3 aromatic heterocycles. The van der Waals surface area contributed by atoms with E-state index in [0.29, 0.717) is 17.5 Å². The molecule has 0 N–H and O–H groups in total. The predicted molar refractivity (Wildman–Crippen MR) is 253 cm³/mol. The van der Waals surface area contributed by atoms with Crippen molar-refractivity contribution >= 4 is 21.8 Å². The first kappa shape index (κ1) is 37.7. The fraction of sp³-hybridized carbons (Fsp3) is 0.107. The summed E-state index contributed by atoms with van der Waals surface area (Å²) in [6, 6.07) is 54.1. The number of aryl methyl sites for hydroxylation is 6. The van der Waals surface area contributed by atoms with Crippen LogP contribution in [0.1, 0.15) is 33.4 Å². The van der Waals surface area contributed by atoms with Crippen molar-refractivity contribution in [1.29, 1.82) is 0 Å². The Labute approximate surface area is 357 Å². The molecule has 7 aromatic carbocycles. The first-order valence-corrected chi connectivity index (χ1v) is 20.9. The maximum Gasteiger partial charge on any atom is 0.166 e. The lowest BCUT2D eigenvalue weighted by atomic mass is 9.92. The summed E-state index contributed by atoms with van der Waals surface area (Å²) in [7, 11) is 0. The minimum absolute atomic E-state index is 0.589. The first-order chi connectivity index (χ1) is 29.7. The molecule has 0 unspecified atom stereocenters. The number of fused-ring (bicyclic) bond motifs is 3. The van der Waals surface area contributed by atoms with Crippen molar-refractivity contribution in [3.8, 4) is 73.2 Å². The van der Waals surface area contributed by atoms with Crippen LogP contribution in [0.25, 0.3) is 95.0 Å². The van der Waals surface area contributed by atoms with Crippen LogP contribution in [-0.4, -0.2) is 24.5 Å². The molecule has 0 aliphatic carbocycles. The second-order valence-corrected chi connectivity index (χ2v) is 16.4. The highest BCUT2D eigenvalue weighted by Crippen LogP contribution is 2.42. The molecule has 0 bridgehead atoms. The highest BCUT2D eigenvalue weighted by Gasteiger charge is 2.22. The Morgan fingerprint density at radius 1 is 0.377 bits per heavy atom. The number of aromatic nitrogens is 5. The average molecular weight is 788 g/mol. The van der Waals surface area contributed by atoms with E-state index in [4.69, 9.17) is 15.0 Å². The van der Waals surface area contributed by atoms with E-state index in [9.17, 15) is 0 Å². The summed E-state index contributed by atoms with van der Waals surface area (Å²) in [5, 5.41) is 2.36. The number of nitrogens with zero attached hydrogens (tertiary/aromatic N) is 5. The van der Waals surface area contributed by atoms with Crippen LogP contribution in [0.3, 0.4) is 0 Å². The maximum absolute atomic E-state index is 5.31. The third-order valence-electron chi connectivity index (χ3n) is 11.9. The monoisotopic (exact) mass is 787 g/mol.